The van der Waals surface area contributed by atoms with Gasteiger partial charge in [0.05, 0.1) is 17.8 Å². The Kier molecular flexibility index (Phi) is 5.48. The highest BCUT2D eigenvalue weighted by molar-refractivity contribution is 5.55. The molecule has 0 saturated carbocycles. The SMILES string of the molecule is C[C@@H]1[C@@H](O)[C@H](O)[C@@H](O)CN1CC1CCN(c2ccccc2C(F)(F)F)C1. The lowest BCUT2D eigenvalue weighted by atomic mass is 9.93. The zero-order valence-corrected chi connectivity index (χ0v) is 14.6. The molecule has 2 fully saturated rings. The summed E-state index contributed by atoms with van der Waals surface area (Å²) >= 11 is 0. The van der Waals surface area contributed by atoms with Crippen LogP contribution in [0.5, 0.6) is 0 Å². The summed E-state index contributed by atoms with van der Waals surface area (Å²) in [7, 11) is 0. The van der Waals surface area contributed by atoms with E-state index in [1.807, 2.05) is 4.90 Å². The molecule has 3 N–H and O–H groups in total. The monoisotopic (exact) mass is 374 g/mol. The summed E-state index contributed by atoms with van der Waals surface area (Å²) in [5, 5.41) is 29.7. The number of piperidine rings is 1. The smallest absolute Gasteiger partial charge is 0.389 e. The average Bonchev–Trinajstić information content (AvgIpc) is 3.05. The minimum absolute atomic E-state index is 0.133. The summed E-state index contributed by atoms with van der Waals surface area (Å²) in [4.78, 5) is 3.66. The van der Waals surface area contributed by atoms with Gasteiger partial charge >= 0.3 is 6.18 Å². The van der Waals surface area contributed by atoms with Crippen LogP contribution in [-0.4, -0.2) is 70.8 Å². The minimum atomic E-state index is -4.39. The van der Waals surface area contributed by atoms with E-state index in [0.29, 0.717) is 19.6 Å². The molecule has 5 nitrogen and oxygen atoms in total. The normalized spacial score (nSPS) is 33.7. The second-order valence-corrected chi connectivity index (χ2v) is 7.36. The fourth-order valence-corrected chi connectivity index (χ4v) is 4.01. The Morgan fingerprint density at radius 3 is 2.46 bits per heavy atom. The highest BCUT2D eigenvalue weighted by Crippen LogP contribution is 2.38. The first-order valence-corrected chi connectivity index (χ1v) is 8.88. The zero-order chi connectivity index (χ0) is 19.1. The van der Waals surface area contributed by atoms with Gasteiger partial charge < -0.3 is 20.2 Å². The lowest BCUT2D eigenvalue weighted by Crippen LogP contribution is -2.60. The zero-order valence-electron chi connectivity index (χ0n) is 14.6. The van der Waals surface area contributed by atoms with Crippen molar-refractivity contribution in [1.82, 2.24) is 4.90 Å². The van der Waals surface area contributed by atoms with Crippen LogP contribution in [0.3, 0.4) is 0 Å². The molecule has 1 aromatic rings. The van der Waals surface area contributed by atoms with Crippen LogP contribution in [0.1, 0.15) is 18.9 Å². The van der Waals surface area contributed by atoms with E-state index in [2.05, 4.69) is 0 Å². The van der Waals surface area contributed by atoms with Crippen molar-refractivity contribution in [2.75, 3.05) is 31.1 Å². The number of halogens is 3. The van der Waals surface area contributed by atoms with Crippen molar-refractivity contribution in [1.29, 1.82) is 0 Å². The maximum atomic E-state index is 13.2. The number of para-hydroxylation sites is 1. The number of aliphatic hydroxyl groups is 3. The molecule has 0 radical (unpaired) electrons. The lowest BCUT2D eigenvalue weighted by molar-refractivity contribution is -0.137. The van der Waals surface area contributed by atoms with Crippen LogP contribution in [0.15, 0.2) is 24.3 Å². The number of β-amino-alcohol motifs (C(OH)–C–C–N with tert-alkyl or cyclic N) is 1. The van der Waals surface area contributed by atoms with E-state index >= 15 is 0 Å². The number of rotatable bonds is 3. The topological polar surface area (TPSA) is 67.2 Å². The summed E-state index contributed by atoms with van der Waals surface area (Å²) < 4.78 is 39.7. The second-order valence-electron chi connectivity index (χ2n) is 7.36. The number of alkyl halides is 3. The molecule has 2 aliphatic rings. The van der Waals surface area contributed by atoms with Crippen LogP contribution in [0.4, 0.5) is 18.9 Å². The Balaban J connectivity index is 1.67. The summed E-state index contributed by atoms with van der Waals surface area (Å²) in [5.41, 5.74) is -0.425. The van der Waals surface area contributed by atoms with Gasteiger partial charge in [-0.2, -0.15) is 13.2 Å². The Hall–Kier alpha value is -1.35. The molecule has 0 amide bonds. The second kappa shape index (κ2) is 7.34. The van der Waals surface area contributed by atoms with Gasteiger partial charge in [0.15, 0.2) is 0 Å². The van der Waals surface area contributed by atoms with Crippen molar-refractivity contribution in [2.45, 2.75) is 43.9 Å². The van der Waals surface area contributed by atoms with Gasteiger partial charge in [-0.05, 0) is 31.4 Å². The van der Waals surface area contributed by atoms with Crippen molar-refractivity contribution < 1.29 is 28.5 Å². The molecule has 0 aliphatic carbocycles. The number of nitrogens with zero attached hydrogens (tertiary/aromatic N) is 2. The number of hydrogen-bond acceptors (Lipinski definition) is 5. The molecule has 146 valence electrons. The van der Waals surface area contributed by atoms with Crippen molar-refractivity contribution in [3.8, 4) is 0 Å². The van der Waals surface area contributed by atoms with E-state index in [-0.39, 0.29) is 24.2 Å². The molecular weight excluding hydrogens is 349 g/mol. The molecular formula is C18H25F3N2O3. The summed E-state index contributed by atoms with van der Waals surface area (Å²) in [6.45, 7) is 3.62. The summed E-state index contributed by atoms with van der Waals surface area (Å²) in [6, 6.07) is 5.29. The predicted molar refractivity (Wildman–Crippen MR) is 90.8 cm³/mol. The van der Waals surface area contributed by atoms with Crippen LogP contribution >= 0.6 is 0 Å². The van der Waals surface area contributed by atoms with E-state index < -0.39 is 30.1 Å². The predicted octanol–water partition coefficient (Wildman–Crippen LogP) is 1.32. The molecule has 3 rings (SSSR count). The van der Waals surface area contributed by atoms with Crippen LogP contribution < -0.4 is 4.90 Å². The number of hydrogen-bond donors (Lipinski definition) is 3. The maximum absolute atomic E-state index is 13.2. The van der Waals surface area contributed by atoms with E-state index in [1.54, 1.807) is 17.9 Å². The van der Waals surface area contributed by atoms with E-state index in [9.17, 15) is 28.5 Å². The molecule has 0 bridgehead atoms. The molecule has 26 heavy (non-hydrogen) atoms. The van der Waals surface area contributed by atoms with Crippen molar-refractivity contribution in [2.24, 2.45) is 5.92 Å². The van der Waals surface area contributed by atoms with Crippen LogP contribution in [0.2, 0.25) is 0 Å². The van der Waals surface area contributed by atoms with Crippen molar-refractivity contribution >= 4 is 5.69 Å². The van der Waals surface area contributed by atoms with Gasteiger partial charge in [0, 0.05) is 37.9 Å². The van der Waals surface area contributed by atoms with Crippen LogP contribution in [0, 0.1) is 5.92 Å². The first-order valence-electron chi connectivity index (χ1n) is 8.88. The summed E-state index contributed by atoms with van der Waals surface area (Å²) in [6.07, 6.45) is -6.88. The number of anilines is 1. The highest BCUT2D eigenvalue weighted by atomic mass is 19.4. The lowest BCUT2D eigenvalue weighted by Gasteiger charge is -2.43. The minimum Gasteiger partial charge on any atom is -0.389 e. The van der Waals surface area contributed by atoms with Crippen LogP contribution in [-0.2, 0) is 6.18 Å². The fourth-order valence-electron chi connectivity index (χ4n) is 4.01. The molecule has 0 aromatic heterocycles. The maximum Gasteiger partial charge on any atom is 0.418 e. The molecule has 1 unspecified atom stereocenters. The number of likely N-dealkylation sites (tertiary alicyclic amines) is 1. The molecule has 5 atom stereocenters. The van der Waals surface area contributed by atoms with Gasteiger partial charge in [0.2, 0.25) is 0 Å². The molecule has 2 aliphatic heterocycles. The molecule has 8 heteroatoms. The van der Waals surface area contributed by atoms with Crippen LogP contribution in [0.25, 0.3) is 0 Å². The number of aliphatic hydroxyl groups excluding tert-OH is 3. The Bertz CT molecular complexity index is 628. The molecule has 2 heterocycles. The van der Waals surface area contributed by atoms with Gasteiger partial charge in [-0.25, -0.2) is 0 Å². The fraction of sp³-hybridized carbons (Fsp3) is 0.667. The van der Waals surface area contributed by atoms with Gasteiger partial charge in [-0.3, -0.25) is 4.90 Å². The summed E-state index contributed by atoms with van der Waals surface area (Å²) in [5.74, 6) is 0.133. The van der Waals surface area contributed by atoms with E-state index in [0.717, 1.165) is 12.5 Å². The molecule has 0 spiro atoms. The van der Waals surface area contributed by atoms with E-state index in [1.165, 1.54) is 12.1 Å². The van der Waals surface area contributed by atoms with Crippen molar-refractivity contribution in [3.63, 3.8) is 0 Å². The van der Waals surface area contributed by atoms with Gasteiger partial charge in [0.1, 0.15) is 6.10 Å². The first kappa shape index (κ1) is 19.4. The van der Waals surface area contributed by atoms with Crippen molar-refractivity contribution in [3.05, 3.63) is 29.8 Å². The largest absolute Gasteiger partial charge is 0.418 e. The third kappa shape index (κ3) is 3.83. The Morgan fingerprint density at radius 2 is 1.77 bits per heavy atom. The van der Waals surface area contributed by atoms with E-state index in [4.69, 9.17) is 0 Å². The highest BCUT2D eigenvalue weighted by Gasteiger charge is 2.41. The molecule has 1 aromatic carbocycles. The standard InChI is InChI=1S/C18H25F3N2O3/c1-11-16(25)17(26)15(24)10-23(11)9-12-6-7-22(8-12)14-5-3-2-4-13(14)18(19,20)21/h2-5,11-12,15-17,24-26H,6-10H2,1H3/t11-,12?,15+,16-,17-/m1/s1. The number of benzene rings is 1. The van der Waals surface area contributed by atoms with Gasteiger partial charge in [-0.1, -0.05) is 12.1 Å². The first-order chi connectivity index (χ1) is 12.2. The molecule has 2 saturated heterocycles. The average molecular weight is 374 g/mol. The van der Waals surface area contributed by atoms with Gasteiger partial charge in [0.25, 0.3) is 0 Å². The third-order valence-electron chi connectivity index (χ3n) is 5.56. The Labute approximate surface area is 150 Å². The van der Waals surface area contributed by atoms with Gasteiger partial charge in [-0.15, -0.1) is 0 Å². The Morgan fingerprint density at radius 1 is 1.08 bits per heavy atom. The quantitative estimate of drug-likeness (QED) is 0.745. The third-order valence-corrected chi connectivity index (χ3v) is 5.56.